The molecule has 1 aromatic rings. The fourth-order valence-corrected chi connectivity index (χ4v) is 4.64. The van der Waals surface area contributed by atoms with Crippen LogP contribution < -0.4 is 5.32 Å². The van der Waals surface area contributed by atoms with Crippen molar-refractivity contribution < 1.29 is 4.79 Å². The van der Waals surface area contributed by atoms with E-state index >= 15 is 0 Å². The van der Waals surface area contributed by atoms with Crippen molar-refractivity contribution in [2.45, 2.75) is 63.7 Å². The predicted molar refractivity (Wildman–Crippen MR) is 83.2 cm³/mol. The lowest BCUT2D eigenvalue weighted by Gasteiger charge is -2.22. The van der Waals surface area contributed by atoms with Crippen LogP contribution in [0.25, 0.3) is 0 Å². The molecule has 0 saturated heterocycles. The van der Waals surface area contributed by atoms with Gasteiger partial charge in [-0.1, -0.05) is 25.1 Å². The number of fused-ring (bicyclic) bond motifs is 2. The number of aryl methyl sites for hydroxylation is 1. The Kier molecular flexibility index (Phi) is 4.52. The lowest BCUT2D eigenvalue weighted by atomic mass is 9.95. The van der Waals surface area contributed by atoms with E-state index in [1.807, 2.05) is 0 Å². The van der Waals surface area contributed by atoms with Crippen LogP contribution >= 0.6 is 11.8 Å². The van der Waals surface area contributed by atoms with Gasteiger partial charge in [0.05, 0.1) is 5.75 Å². The average Bonchev–Trinajstić information content (AvgIpc) is 3.19. The van der Waals surface area contributed by atoms with Crippen molar-refractivity contribution in [1.82, 2.24) is 20.1 Å². The van der Waals surface area contributed by atoms with Crippen molar-refractivity contribution in [2.24, 2.45) is 11.8 Å². The van der Waals surface area contributed by atoms with Crippen LogP contribution in [0.4, 0.5) is 0 Å². The van der Waals surface area contributed by atoms with Crippen LogP contribution in [0.15, 0.2) is 5.16 Å². The minimum absolute atomic E-state index is 0.140. The maximum absolute atomic E-state index is 12.1. The molecular formula is C15H24N4OS. The first-order valence-corrected chi connectivity index (χ1v) is 9.04. The van der Waals surface area contributed by atoms with Crippen molar-refractivity contribution in [3.05, 3.63) is 5.82 Å². The summed E-state index contributed by atoms with van der Waals surface area (Å²) < 4.78 is 2.09. The topological polar surface area (TPSA) is 59.8 Å². The van der Waals surface area contributed by atoms with Crippen LogP contribution in [-0.4, -0.2) is 32.5 Å². The molecule has 1 amide bonds. The molecule has 2 fully saturated rings. The predicted octanol–water partition coefficient (Wildman–Crippen LogP) is 2.26. The monoisotopic (exact) mass is 308 g/mol. The van der Waals surface area contributed by atoms with Gasteiger partial charge < -0.3 is 9.88 Å². The number of nitrogens with one attached hydrogen (secondary N) is 1. The molecule has 0 radical (unpaired) electrons. The second-order valence-corrected chi connectivity index (χ2v) is 7.08. The molecule has 1 aromatic heterocycles. The number of thioether (sulfide) groups is 1. The Labute approximate surface area is 130 Å². The Morgan fingerprint density at radius 1 is 1.33 bits per heavy atom. The summed E-state index contributed by atoms with van der Waals surface area (Å²) in [5.74, 6) is 3.17. The summed E-state index contributed by atoms with van der Waals surface area (Å²) in [6.07, 6.45) is 6.05. The fraction of sp³-hybridized carbons (Fsp3) is 0.800. The molecule has 2 aliphatic rings. The molecule has 1 N–H and O–H groups in total. The molecule has 0 spiro atoms. The van der Waals surface area contributed by atoms with E-state index in [4.69, 9.17) is 0 Å². The SMILES string of the molecule is CCc1nnc(SCC(=O)N[C@@H]2C[C@H]3CC[C@H]2C3)n1CC. The molecule has 2 saturated carbocycles. The van der Waals surface area contributed by atoms with E-state index in [-0.39, 0.29) is 5.91 Å². The van der Waals surface area contributed by atoms with Gasteiger partial charge in [0.15, 0.2) is 5.16 Å². The average molecular weight is 308 g/mol. The summed E-state index contributed by atoms with van der Waals surface area (Å²) >= 11 is 1.50. The molecule has 2 aliphatic carbocycles. The fourth-order valence-electron chi connectivity index (χ4n) is 3.81. The quantitative estimate of drug-likeness (QED) is 0.819. The van der Waals surface area contributed by atoms with Gasteiger partial charge in [-0.15, -0.1) is 10.2 Å². The van der Waals surface area contributed by atoms with Gasteiger partial charge in [-0.3, -0.25) is 4.79 Å². The standard InChI is InChI=1S/C15H24N4OS/c1-3-13-17-18-15(19(13)4-2)21-9-14(20)16-12-8-10-5-6-11(12)7-10/h10-12H,3-9H2,1-2H3,(H,16,20)/t10-,11-,12+/m0/s1. The number of amides is 1. The van der Waals surface area contributed by atoms with E-state index < -0.39 is 0 Å². The zero-order valence-electron chi connectivity index (χ0n) is 12.8. The zero-order valence-corrected chi connectivity index (χ0v) is 13.7. The number of aromatic nitrogens is 3. The summed E-state index contributed by atoms with van der Waals surface area (Å²) in [5.41, 5.74) is 0. The number of carbonyl (C=O) groups is 1. The Hall–Kier alpha value is -1.04. The van der Waals surface area contributed by atoms with E-state index in [9.17, 15) is 4.79 Å². The summed E-state index contributed by atoms with van der Waals surface area (Å²) in [4.78, 5) is 12.1. The van der Waals surface area contributed by atoms with Crippen molar-refractivity contribution in [1.29, 1.82) is 0 Å². The second kappa shape index (κ2) is 6.38. The minimum atomic E-state index is 0.140. The van der Waals surface area contributed by atoms with Gasteiger partial charge in [-0.2, -0.15) is 0 Å². The molecule has 3 atom stereocenters. The first-order valence-electron chi connectivity index (χ1n) is 8.05. The Morgan fingerprint density at radius 3 is 2.81 bits per heavy atom. The van der Waals surface area contributed by atoms with Crippen molar-refractivity contribution in [2.75, 3.05) is 5.75 Å². The summed E-state index contributed by atoms with van der Waals surface area (Å²) in [6, 6.07) is 0.423. The number of carbonyl (C=O) groups excluding carboxylic acids is 1. The van der Waals surface area contributed by atoms with Crippen LogP contribution in [0.3, 0.4) is 0 Å². The molecule has 0 aromatic carbocycles. The minimum Gasteiger partial charge on any atom is -0.352 e. The van der Waals surface area contributed by atoms with Gasteiger partial charge >= 0.3 is 0 Å². The Balaban J connectivity index is 1.51. The lowest BCUT2D eigenvalue weighted by molar-refractivity contribution is -0.119. The van der Waals surface area contributed by atoms with Gasteiger partial charge in [0, 0.05) is 19.0 Å². The highest BCUT2D eigenvalue weighted by atomic mass is 32.2. The Morgan fingerprint density at radius 2 is 2.19 bits per heavy atom. The Bertz CT molecular complexity index is 516. The molecule has 1 heterocycles. The first kappa shape index (κ1) is 14.9. The van der Waals surface area contributed by atoms with E-state index in [2.05, 4.69) is 33.9 Å². The first-order chi connectivity index (χ1) is 10.2. The van der Waals surface area contributed by atoms with Crippen LogP contribution in [0.1, 0.15) is 45.4 Å². The number of rotatable bonds is 6. The zero-order chi connectivity index (χ0) is 14.8. The number of hydrogen-bond acceptors (Lipinski definition) is 4. The molecule has 3 rings (SSSR count). The normalized spacial score (nSPS) is 27.2. The molecule has 0 unspecified atom stereocenters. The summed E-state index contributed by atoms with van der Waals surface area (Å²) in [5, 5.41) is 12.5. The molecule has 21 heavy (non-hydrogen) atoms. The molecular weight excluding hydrogens is 284 g/mol. The number of nitrogens with zero attached hydrogens (tertiary/aromatic N) is 3. The van der Waals surface area contributed by atoms with Crippen LogP contribution in [0, 0.1) is 11.8 Å². The summed E-state index contributed by atoms with van der Waals surface area (Å²) in [6.45, 7) is 5.01. The maximum Gasteiger partial charge on any atom is 0.230 e. The molecule has 5 nitrogen and oxygen atoms in total. The highest BCUT2D eigenvalue weighted by Crippen LogP contribution is 2.44. The highest BCUT2D eigenvalue weighted by molar-refractivity contribution is 7.99. The van der Waals surface area contributed by atoms with Gasteiger partial charge in [0.1, 0.15) is 5.82 Å². The van der Waals surface area contributed by atoms with E-state index in [0.29, 0.717) is 11.8 Å². The highest BCUT2D eigenvalue weighted by Gasteiger charge is 2.39. The second-order valence-electron chi connectivity index (χ2n) is 6.13. The maximum atomic E-state index is 12.1. The van der Waals surface area contributed by atoms with Gasteiger partial charge in [0.25, 0.3) is 0 Å². The van der Waals surface area contributed by atoms with Gasteiger partial charge in [-0.25, -0.2) is 0 Å². The third kappa shape index (κ3) is 3.10. The lowest BCUT2D eigenvalue weighted by Crippen LogP contribution is -2.39. The largest absolute Gasteiger partial charge is 0.352 e. The third-order valence-corrected chi connectivity index (χ3v) is 5.81. The molecule has 116 valence electrons. The van der Waals surface area contributed by atoms with Crippen molar-refractivity contribution in [3.63, 3.8) is 0 Å². The van der Waals surface area contributed by atoms with Gasteiger partial charge in [0.2, 0.25) is 5.91 Å². The van der Waals surface area contributed by atoms with Crippen LogP contribution in [0.5, 0.6) is 0 Å². The van der Waals surface area contributed by atoms with Crippen molar-refractivity contribution in [3.8, 4) is 0 Å². The van der Waals surface area contributed by atoms with Crippen molar-refractivity contribution >= 4 is 17.7 Å². The molecule has 0 aliphatic heterocycles. The van der Waals surface area contributed by atoms with E-state index in [1.165, 1.54) is 37.4 Å². The number of hydrogen-bond donors (Lipinski definition) is 1. The smallest absolute Gasteiger partial charge is 0.230 e. The summed E-state index contributed by atoms with van der Waals surface area (Å²) in [7, 11) is 0. The third-order valence-electron chi connectivity index (χ3n) is 4.84. The molecule has 2 bridgehead atoms. The van der Waals surface area contributed by atoms with E-state index in [0.717, 1.165) is 35.8 Å². The van der Waals surface area contributed by atoms with Crippen LogP contribution in [-0.2, 0) is 17.8 Å². The van der Waals surface area contributed by atoms with Crippen LogP contribution in [0.2, 0.25) is 0 Å². The van der Waals surface area contributed by atoms with E-state index in [1.54, 1.807) is 0 Å². The van der Waals surface area contributed by atoms with Gasteiger partial charge in [-0.05, 0) is 38.0 Å². The molecule has 6 heteroatoms.